The Morgan fingerprint density at radius 2 is 1.69 bits per heavy atom. The van der Waals surface area contributed by atoms with Gasteiger partial charge < -0.3 is 24.6 Å². The molecule has 0 radical (unpaired) electrons. The lowest BCUT2D eigenvalue weighted by atomic mass is 9.33. The Morgan fingerprint density at radius 1 is 0.983 bits per heavy atom. The lowest BCUT2D eigenvalue weighted by molar-refractivity contribution is -0.233. The standard InChI is InChI=1S/C48H72N4O7/c1-29(2)40-32(53)26-48(35-25-38(54)52(51(35)24-23-50(10)11)37-16-13-30(58-12)28-49-37)22-21-46(8)31(41(40)48)14-15-34-45(7)19-18-36(59-39(55)27-43(3,4)42(56)57)44(5,6)33(45)17-20-47(34,46)9/h13,16,25,28-29,31,33-34,36,38,54H,14-15,17-24,26-27H2,1-12H3,(H,56,57). The molecule has 5 aliphatic carbocycles. The number of rotatable bonds is 11. The van der Waals surface area contributed by atoms with Gasteiger partial charge in [0.05, 0.1) is 31.7 Å². The van der Waals surface area contributed by atoms with Crippen molar-refractivity contribution in [2.75, 3.05) is 39.3 Å². The number of carboxylic acids is 1. The normalized spacial score (nSPS) is 36.6. The van der Waals surface area contributed by atoms with E-state index in [2.05, 4.69) is 72.5 Å². The second kappa shape index (κ2) is 14.9. The fourth-order valence-electron chi connectivity index (χ4n) is 14.1. The third-order valence-electron chi connectivity index (χ3n) is 17.3. The highest BCUT2D eigenvalue weighted by molar-refractivity contribution is 6.01. The first-order valence-electron chi connectivity index (χ1n) is 22.3. The number of methoxy groups -OCH3 is 1. The van der Waals surface area contributed by atoms with Gasteiger partial charge in [0.1, 0.15) is 17.7 Å². The number of pyridine rings is 1. The van der Waals surface area contributed by atoms with Crippen LogP contribution in [0.4, 0.5) is 5.82 Å². The van der Waals surface area contributed by atoms with Crippen LogP contribution in [0.1, 0.15) is 127 Å². The van der Waals surface area contributed by atoms with Crippen molar-refractivity contribution in [3.63, 3.8) is 0 Å². The van der Waals surface area contributed by atoms with Crippen molar-refractivity contribution in [2.24, 2.45) is 56.2 Å². The first-order chi connectivity index (χ1) is 27.5. The van der Waals surface area contributed by atoms with E-state index in [0.717, 1.165) is 69.2 Å². The Morgan fingerprint density at radius 3 is 2.31 bits per heavy atom. The summed E-state index contributed by atoms with van der Waals surface area (Å²) in [5.41, 5.74) is 1.45. The first-order valence-corrected chi connectivity index (χ1v) is 22.3. The fourth-order valence-corrected chi connectivity index (χ4v) is 14.1. The van der Waals surface area contributed by atoms with Crippen LogP contribution in [0, 0.1) is 56.2 Å². The molecule has 4 fully saturated rings. The average Bonchev–Trinajstić information content (AvgIpc) is 3.65. The van der Waals surface area contributed by atoms with Gasteiger partial charge in [-0.05, 0) is 149 Å². The minimum atomic E-state index is -1.18. The smallest absolute Gasteiger partial charge is 0.309 e. The number of carbonyl (C=O) groups is 3. The number of ether oxygens (including phenoxy) is 2. The molecular weight excluding hydrogens is 745 g/mol. The molecule has 11 heteroatoms. The van der Waals surface area contributed by atoms with Gasteiger partial charge in [-0.3, -0.25) is 19.4 Å². The monoisotopic (exact) mass is 817 g/mol. The third kappa shape index (κ3) is 6.65. The summed E-state index contributed by atoms with van der Waals surface area (Å²) < 4.78 is 11.6. The molecule has 9 atom stereocenters. The molecule has 1 aliphatic heterocycles. The maximum Gasteiger partial charge on any atom is 0.309 e. The maximum atomic E-state index is 14.6. The predicted octanol–water partition coefficient (Wildman–Crippen LogP) is 8.28. The zero-order valence-corrected chi connectivity index (χ0v) is 38.0. The van der Waals surface area contributed by atoms with Gasteiger partial charge in [-0.15, -0.1) is 0 Å². The van der Waals surface area contributed by atoms with Crippen LogP contribution >= 0.6 is 0 Å². The van der Waals surface area contributed by atoms with Gasteiger partial charge in [0.25, 0.3) is 0 Å². The highest BCUT2D eigenvalue weighted by Gasteiger charge is 2.71. The Hall–Kier alpha value is -3.44. The summed E-state index contributed by atoms with van der Waals surface area (Å²) in [6, 6.07) is 3.77. The quantitative estimate of drug-likeness (QED) is 0.209. The summed E-state index contributed by atoms with van der Waals surface area (Å²) >= 11 is 0. The number of aliphatic hydroxyl groups is 1. The number of hydrogen-bond donors (Lipinski definition) is 2. The van der Waals surface area contributed by atoms with Crippen molar-refractivity contribution in [3.8, 4) is 5.75 Å². The van der Waals surface area contributed by atoms with E-state index in [4.69, 9.17) is 14.5 Å². The number of aromatic nitrogens is 1. The van der Waals surface area contributed by atoms with Crippen LogP contribution in [0.2, 0.25) is 0 Å². The molecule has 11 nitrogen and oxygen atoms in total. The number of carbonyl (C=O) groups excluding carboxylic acids is 2. The summed E-state index contributed by atoms with van der Waals surface area (Å²) in [6.45, 7) is 21.2. The van der Waals surface area contributed by atoms with Crippen LogP contribution in [-0.2, 0) is 19.1 Å². The summed E-state index contributed by atoms with van der Waals surface area (Å²) in [7, 11) is 5.75. The number of hydrazine groups is 1. The van der Waals surface area contributed by atoms with Crippen molar-refractivity contribution in [2.45, 2.75) is 139 Å². The molecule has 9 unspecified atom stereocenters. The number of ketones is 1. The molecule has 0 bridgehead atoms. The predicted molar refractivity (Wildman–Crippen MR) is 228 cm³/mol. The molecule has 2 heterocycles. The lowest BCUT2D eigenvalue weighted by Gasteiger charge is -2.72. The fraction of sp³-hybridized carbons (Fsp3) is 0.750. The van der Waals surface area contributed by atoms with E-state index >= 15 is 0 Å². The number of aliphatic hydroxyl groups excluding tert-OH is 1. The molecule has 59 heavy (non-hydrogen) atoms. The van der Waals surface area contributed by atoms with E-state index < -0.39 is 29.0 Å². The van der Waals surface area contributed by atoms with E-state index in [0.29, 0.717) is 36.4 Å². The van der Waals surface area contributed by atoms with Crippen molar-refractivity contribution in [1.29, 1.82) is 0 Å². The maximum absolute atomic E-state index is 14.6. The first kappa shape index (κ1) is 43.6. The Labute approximate surface area is 352 Å². The molecule has 0 spiro atoms. The van der Waals surface area contributed by atoms with Gasteiger partial charge in [0.2, 0.25) is 0 Å². The number of aliphatic carboxylic acids is 1. The second-order valence-electron chi connectivity index (χ2n) is 21.8. The molecule has 1 aromatic rings. The van der Waals surface area contributed by atoms with Crippen LogP contribution in [-0.4, -0.2) is 89.5 Å². The third-order valence-corrected chi connectivity index (χ3v) is 17.3. The zero-order chi connectivity index (χ0) is 43.2. The van der Waals surface area contributed by atoms with Gasteiger partial charge in [-0.1, -0.05) is 48.5 Å². The summed E-state index contributed by atoms with van der Waals surface area (Å²) in [6.07, 6.45) is 10.6. The lowest BCUT2D eigenvalue weighted by Crippen LogP contribution is -2.66. The summed E-state index contributed by atoms with van der Waals surface area (Å²) in [5, 5.41) is 25.7. The Kier molecular flexibility index (Phi) is 11.0. The second-order valence-corrected chi connectivity index (χ2v) is 21.8. The molecule has 2 N–H and O–H groups in total. The van der Waals surface area contributed by atoms with Crippen molar-refractivity contribution in [3.05, 3.63) is 41.2 Å². The summed E-state index contributed by atoms with van der Waals surface area (Å²) in [5.74, 6) is 1.25. The number of hydrogen-bond acceptors (Lipinski definition) is 10. The molecule has 4 saturated carbocycles. The van der Waals surface area contributed by atoms with Crippen molar-refractivity contribution >= 4 is 23.5 Å². The van der Waals surface area contributed by atoms with Gasteiger partial charge in [-0.25, -0.2) is 9.99 Å². The number of Topliss-reactive ketones (excluding diaryl/α,β-unsaturated/α-hetero) is 1. The van der Waals surface area contributed by atoms with E-state index in [1.165, 1.54) is 5.57 Å². The number of nitrogens with zero attached hydrogens (tertiary/aromatic N) is 4. The topological polar surface area (TPSA) is 133 Å². The number of esters is 1. The van der Waals surface area contributed by atoms with Crippen LogP contribution in [0.5, 0.6) is 5.75 Å². The molecule has 326 valence electrons. The van der Waals surface area contributed by atoms with Gasteiger partial charge in [-0.2, -0.15) is 0 Å². The van der Waals surface area contributed by atoms with Crippen LogP contribution in [0.3, 0.4) is 0 Å². The summed E-state index contributed by atoms with van der Waals surface area (Å²) in [4.78, 5) is 46.5. The van der Waals surface area contributed by atoms with Crippen LogP contribution < -0.4 is 9.75 Å². The van der Waals surface area contributed by atoms with E-state index in [1.54, 1.807) is 27.2 Å². The molecule has 0 saturated heterocycles. The molecular formula is C48H72N4O7. The van der Waals surface area contributed by atoms with Crippen molar-refractivity contribution in [1.82, 2.24) is 14.9 Å². The van der Waals surface area contributed by atoms with Gasteiger partial charge in [0, 0.05) is 29.5 Å². The molecule has 1 aromatic heterocycles. The minimum Gasteiger partial charge on any atom is -0.495 e. The highest BCUT2D eigenvalue weighted by atomic mass is 16.5. The largest absolute Gasteiger partial charge is 0.495 e. The highest BCUT2D eigenvalue weighted by Crippen LogP contribution is 2.77. The number of likely N-dealkylation sites (N-methyl/N-ethyl adjacent to an activating group) is 1. The number of fused-ring (bicyclic) bond motifs is 7. The van der Waals surface area contributed by atoms with E-state index in [9.17, 15) is 24.6 Å². The molecule has 6 aliphatic rings. The number of anilines is 1. The molecule has 0 amide bonds. The van der Waals surface area contributed by atoms with E-state index in [-0.39, 0.29) is 51.8 Å². The van der Waals surface area contributed by atoms with Gasteiger partial charge in [0.15, 0.2) is 12.0 Å². The van der Waals surface area contributed by atoms with Gasteiger partial charge >= 0.3 is 11.9 Å². The molecule has 0 aromatic carbocycles. The average molecular weight is 817 g/mol. The zero-order valence-electron chi connectivity index (χ0n) is 38.0. The minimum absolute atomic E-state index is 0.0202. The number of carboxylic acid groups (broad SMARTS) is 1. The van der Waals surface area contributed by atoms with Crippen molar-refractivity contribution < 1.29 is 34.1 Å². The number of allylic oxidation sites excluding steroid dienone is 2. The van der Waals surface area contributed by atoms with E-state index in [1.807, 2.05) is 23.2 Å². The van der Waals surface area contributed by atoms with Crippen LogP contribution in [0.15, 0.2) is 41.2 Å². The molecule has 7 rings (SSSR count). The van der Waals surface area contributed by atoms with Crippen LogP contribution in [0.25, 0.3) is 0 Å². The SMILES string of the molecule is COc1ccc(N2C(O)C=C(C34CCC5(C)C(CCC6C7(C)CCC(OC(=O)CC(C)(C)C(=O)O)C(C)(C)C7CCC65C)C3=C(C(C)C)C(=O)C4)N2CCN(C)C)nc1. The Bertz CT molecular complexity index is 1900. The Balaban J connectivity index is 1.23.